The molecule has 0 aliphatic heterocycles. The Kier molecular flexibility index (Phi) is 10.8. The molecule has 10 aromatic carbocycles. The zero-order chi connectivity index (χ0) is 46.4. The zero-order valence-corrected chi connectivity index (χ0v) is 43.2. The fourth-order valence-corrected chi connectivity index (χ4v) is 13.0. The van der Waals surface area contributed by atoms with Crippen molar-refractivity contribution in [3.05, 3.63) is 179 Å². The summed E-state index contributed by atoms with van der Waals surface area (Å²) < 4.78 is 0. The Morgan fingerprint density at radius 1 is 0.364 bits per heavy atom. The minimum Gasteiger partial charge on any atom is -0.309 e. The lowest BCUT2D eigenvalue weighted by Gasteiger charge is -2.33. The Balaban J connectivity index is 1.33. The van der Waals surface area contributed by atoms with Crippen molar-refractivity contribution in [2.24, 2.45) is 0 Å². The van der Waals surface area contributed by atoms with Crippen LogP contribution < -0.4 is 20.2 Å². The fraction of sp³-hybridized carbons (Fsp3) is 0.226. The highest BCUT2D eigenvalue weighted by atomic mass is 28.3. The SMILES string of the molecule is CCc1cc(N(c2ccc([Si](C)(C)C)cc2)c2c(C)ccc3ccc(C)cc23)c2ccc3c(CC)cc(N(c4ccc([Si](C)(C)C)cc4)c4c(C)ccc5ccc(C)cc45)c4ccc1c2c34. The van der Waals surface area contributed by atoms with Gasteiger partial charge in [0.05, 0.1) is 38.9 Å². The van der Waals surface area contributed by atoms with E-state index in [9.17, 15) is 0 Å². The quantitative estimate of drug-likeness (QED) is 0.0997. The normalized spacial score (nSPS) is 12.4. The molecule has 10 rings (SSSR count). The Hall–Kier alpha value is -6.21. The van der Waals surface area contributed by atoms with Gasteiger partial charge in [-0.1, -0.05) is 172 Å². The van der Waals surface area contributed by atoms with Crippen LogP contribution in [0, 0.1) is 27.7 Å². The highest BCUT2D eigenvalue weighted by Crippen LogP contribution is 2.52. The first-order chi connectivity index (χ1) is 31.5. The average Bonchev–Trinajstić information content (AvgIpc) is 3.29. The van der Waals surface area contributed by atoms with Gasteiger partial charge >= 0.3 is 0 Å². The maximum atomic E-state index is 2.60. The summed E-state index contributed by atoms with van der Waals surface area (Å²) in [6, 6.07) is 57.0. The summed E-state index contributed by atoms with van der Waals surface area (Å²) in [5.74, 6) is 0. The second kappa shape index (κ2) is 16.3. The third kappa shape index (κ3) is 7.30. The second-order valence-electron chi connectivity index (χ2n) is 21.1. The van der Waals surface area contributed by atoms with Gasteiger partial charge in [-0.15, -0.1) is 0 Å². The first-order valence-corrected chi connectivity index (χ1v) is 31.1. The highest BCUT2D eigenvalue weighted by Gasteiger charge is 2.28. The number of aryl methyl sites for hydroxylation is 6. The molecule has 0 amide bonds. The molecular weight excluding hydrogens is 829 g/mol. The number of hydrogen-bond acceptors (Lipinski definition) is 2. The van der Waals surface area contributed by atoms with Gasteiger partial charge < -0.3 is 9.80 Å². The molecule has 330 valence electrons. The lowest BCUT2D eigenvalue weighted by atomic mass is 9.86. The van der Waals surface area contributed by atoms with Crippen LogP contribution in [0.5, 0.6) is 0 Å². The second-order valence-corrected chi connectivity index (χ2v) is 31.2. The molecule has 0 bridgehead atoms. The Morgan fingerprint density at radius 3 is 1.06 bits per heavy atom. The van der Waals surface area contributed by atoms with Crippen molar-refractivity contribution in [2.75, 3.05) is 9.80 Å². The summed E-state index contributed by atoms with van der Waals surface area (Å²) in [5, 5.41) is 16.0. The van der Waals surface area contributed by atoms with Crippen LogP contribution in [-0.2, 0) is 12.8 Å². The first-order valence-electron chi connectivity index (χ1n) is 24.1. The highest BCUT2D eigenvalue weighted by molar-refractivity contribution is 6.89. The molecule has 0 saturated heterocycles. The van der Waals surface area contributed by atoms with Gasteiger partial charge in [0.25, 0.3) is 0 Å². The molecule has 0 spiro atoms. The summed E-state index contributed by atoms with van der Waals surface area (Å²) in [6.07, 6.45) is 1.85. The van der Waals surface area contributed by atoms with Crippen LogP contribution >= 0.6 is 0 Å². The predicted octanol–water partition coefficient (Wildman–Crippen LogP) is 17.3. The first kappa shape index (κ1) is 43.7. The lowest BCUT2D eigenvalue weighted by molar-refractivity contribution is 1.15. The van der Waals surface area contributed by atoms with E-state index in [4.69, 9.17) is 0 Å². The standard InChI is InChI=1S/C62H64N2Si2/c1-13-43-37-57(63(47-23-27-49(28-24-47)65(7,8)9)61-41(5)17-21-45-19-15-39(3)35-55(45)61)53-34-32-52-44(14-2)38-58(54-33-31-51(43)59(53)60(52)54)64(48-25-29-50(30-26-48)66(10,11)12)62-42(6)18-22-46-20-16-40(4)36-56(46)62/h15-38H,13-14H2,1-12H3. The van der Waals surface area contributed by atoms with Gasteiger partial charge in [-0.2, -0.15) is 0 Å². The molecule has 0 aromatic heterocycles. The molecule has 0 heterocycles. The van der Waals surface area contributed by atoms with Gasteiger partial charge in [0.15, 0.2) is 0 Å². The number of nitrogens with zero attached hydrogens (tertiary/aromatic N) is 2. The van der Waals surface area contributed by atoms with Crippen LogP contribution in [0.15, 0.2) is 146 Å². The monoisotopic (exact) mass is 892 g/mol. The zero-order valence-electron chi connectivity index (χ0n) is 41.2. The molecule has 0 N–H and O–H groups in total. The van der Waals surface area contributed by atoms with E-state index < -0.39 is 16.1 Å². The summed E-state index contributed by atoms with van der Waals surface area (Å²) in [4.78, 5) is 5.21. The van der Waals surface area contributed by atoms with Crippen LogP contribution in [-0.4, -0.2) is 16.1 Å². The predicted molar refractivity (Wildman–Crippen MR) is 298 cm³/mol. The number of rotatable bonds is 10. The van der Waals surface area contributed by atoms with E-state index in [0.717, 1.165) is 12.8 Å². The van der Waals surface area contributed by atoms with Gasteiger partial charge in [0.2, 0.25) is 0 Å². The topological polar surface area (TPSA) is 6.48 Å². The summed E-state index contributed by atoms with van der Waals surface area (Å²) in [7, 11) is -3.08. The van der Waals surface area contributed by atoms with E-state index in [1.807, 2.05) is 0 Å². The van der Waals surface area contributed by atoms with Gasteiger partial charge in [-0.05, 0) is 144 Å². The smallest absolute Gasteiger partial charge is 0.0775 e. The van der Waals surface area contributed by atoms with Crippen molar-refractivity contribution in [3.63, 3.8) is 0 Å². The third-order valence-corrected chi connectivity index (χ3v) is 18.5. The van der Waals surface area contributed by atoms with Gasteiger partial charge in [-0.3, -0.25) is 0 Å². The molecule has 0 aliphatic carbocycles. The molecule has 0 atom stereocenters. The van der Waals surface area contributed by atoms with Crippen LogP contribution in [0.4, 0.5) is 34.1 Å². The van der Waals surface area contributed by atoms with E-state index in [-0.39, 0.29) is 0 Å². The molecule has 0 saturated carbocycles. The van der Waals surface area contributed by atoms with Crippen molar-refractivity contribution in [3.8, 4) is 0 Å². The largest absolute Gasteiger partial charge is 0.309 e. The van der Waals surface area contributed by atoms with E-state index in [0.29, 0.717) is 0 Å². The van der Waals surface area contributed by atoms with Gasteiger partial charge in [0.1, 0.15) is 0 Å². The maximum absolute atomic E-state index is 2.60. The molecule has 0 radical (unpaired) electrons. The molecule has 4 heteroatoms. The summed E-state index contributed by atoms with van der Waals surface area (Å²) in [5.41, 5.74) is 15.1. The van der Waals surface area contributed by atoms with Crippen LogP contribution in [0.1, 0.15) is 47.2 Å². The van der Waals surface area contributed by atoms with Crippen molar-refractivity contribution in [1.82, 2.24) is 0 Å². The third-order valence-electron chi connectivity index (χ3n) is 14.4. The van der Waals surface area contributed by atoms with Gasteiger partial charge in [-0.25, -0.2) is 0 Å². The minimum absolute atomic E-state index is 0.925. The molecule has 0 unspecified atom stereocenters. The summed E-state index contributed by atoms with van der Waals surface area (Å²) in [6.45, 7) is 28.3. The fourth-order valence-electron chi connectivity index (χ4n) is 10.7. The molecule has 0 fully saturated rings. The molecular formula is C62H64N2Si2. The van der Waals surface area contributed by atoms with Gasteiger partial charge in [0, 0.05) is 32.9 Å². The summed E-state index contributed by atoms with van der Waals surface area (Å²) >= 11 is 0. The average molecular weight is 893 g/mol. The Labute approximate surface area is 394 Å². The Morgan fingerprint density at radius 2 is 0.712 bits per heavy atom. The van der Waals surface area contributed by atoms with Crippen LogP contribution in [0.2, 0.25) is 39.3 Å². The number of anilines is 6. The van der Waals surface area contributed by atoms with E-state index in [1.54, 1.807) is 0 Å². The molecule has 10 aromatic rings. The van der Waals surface area contributed by atoms with Crippen molar-refractivity contribution in [1.29, 1.82) is 0 Å². The molecule has 0 aliphatic rings. The van der Waals surface area contributed by atoms with E-state index in [1.165, 1.54) is 132 Å². The minimum atomic E-state index is -1.54. The number of benzene rings is 10. The van der Waals surface area contributed by atoms with Crippen molar-refractivity contribution in [2.45, 2.75) is 93.7 Å². The number of hydrogen-bond donors (Lipinski definition) is 0. The number of fused-ring (bicyclic) bond motifs is 2. The lowest BCUT2D eigenvalue weighted by Crippen LogP contribution is -2.37. The van der Waals surface area contributed by atoms with Crippen LogP contribution in [0.3, 0.4) is 0 Å². The van der Waals surface area contributed by atoms with Crippen molar-refractivity contribution >= 4 is 115 Å². The van der Waals surface area contributed by atoms with Crippen molar-refractivity contribution < 1.29 is 0 Å². The van der Waals surface area contributed by atoms with E-state index >= 15 is 0 Å². The molecule has 2 nitrogen and oxygen atoms in total. The van der Waals surface area contributed by atoms with Crippen LogP contribution in [0.25, 0.3) is 53.9 Å². The molecule has 66 heavy (non-hydrogen) atoms. The Bertz CT molecular complexity index is 3250. The maximum Gasteiger partial charge on any atom is 0.0775 e. The van der Waals surface area contributed by atoms with E-state index in [2.05, 4.69) is 236 Å².